The first-order valence-corrected chi connectivity index (χ1v) is 5.92. The van der Waals surface area contributed by atoms with Crippen LogP contribution in [0.3, 0.4) is 0 Å². The van der Waals surface area contributed by atoms with Gasteiger partial charge in [0.25, 0.3) is 0 Å². The lowest BCUT2D eigenvalue weighted by molar-refractivity contribution is -0.147. The summed E-state index contributed by atoms with van der Waals surface area (Å²) in [5.74, 6) is -0.583. The summed E-state index contributed by atoms with van der Waals surface area (Å²) in [5, 5.41) is 13.5. The van der Waals surface area contributed by atoms with Crippen LogP contribution < -0.4 is 0 Å². The molecule has 6 nitrogen and oxygen atoms in total. The van der Waals surface area contributed by atoms with E-state index in [1.165, 1.54) is 17.8 Å². The number of carbonyl (C=O) groups excluding carboxylic acids is 1. The maximum atomic E-state index is 12.1. The van der Waals surface area contributed by atoms with Crippen LogP contribution >= 0.6 is 0 Å². The predicted octanol–water partition coefficient (Wildman–Crippen LogP) is 1.38. The molecule has 0 radical (unpaired) electrons. The van der Waals surface area contributed by atoms with Crippen LogP contribution in [0.15, 0.2) is 18.5 Å². The van der Waals surface area contributed by atoms with Gasteiger partial charge in [-0.3, -0.25) is 0 Å². The molecule has 0 N–H and O–H groups in total. The molecular formula is C13H14N4O2. The van der Waals surface area contributed by atoms with E-state index < -0.39 is 11.4 Å². The van der Waals surface area contributed by atoms with Gasteiger partial charge in [0.05, 0.1) is 18.4 Å². The van der Waals surface area contributed by atoms with Gasteiger partial charge in [-0.25, -0.2) is 14.3 Å². The highest BCUT2D eigenvalue weighted by molar-refractivity contribution is 5.86. The second kappa shape index (κ2) is 4.69. The molecule has 2 aromatic rings. The van der Waals surface area contributed by atoms with E-state index in [-0.39, 0.29) is 6.61 Å². The molecule has 6 heteroatoms. The number of aryl methyl sites for hydroxylation is 1. The summed E-state index contributed by atoms with van der Waals surface area (Å²) >= 11 is 0. The molecule has 2 aromatic heterocycles. The van der Waals surface area contributed by atoms with Crippen LogP contribution in [0.5, 0.6) is 0 Å². The van der Waals surface area contributed by atoms with Gasteiger partial charge >= 0.3 is 5.97 Å². The fourth-order valence-electron chi connectivity index (χ4n) is 1.90. The summed E-state index contributed by atoms with van der Waals surface area (Å²) < 4.78 is 6.49. The molecule has 0 fully saturated rings. The highest BCUT2D eigenvalue weighted by Crippen LogP contribution is 2.26. The van der Waals surface area contributed by atoms with Gasteiger partial charge in [-0.05, 0) is 38.5 Å². The van der Waals surface area contributed by atoms with Gasteiger partial charge in [-0.15, -0.1) is 0 Å². The molecule has 0 aliphatic carbocycles. The molecule has 0 aromatic carbocycles. The van der Waals surface area contributed by atoms with Crippen molar-refractivity contribution in [2.24, 2.45) is 0 Å². The molecule has 1 unspecified atom stereocenters. The Labute approximate surface area is 110 Å². The molecule has 0 saturated heterocycles. The molecule has 1 atom stereocenters. The number of hydrogen-bond donors (Lipinski definition) is 0. The molecule has 2 heterocycles. The largest absolute Gasteiger partial charge is 0.465 e. The molecule has 2 rings (SSSR count). The number of hydrogen-bond acceptors (Lipinski definition) is 5. The van der Waals surface area contributed by atoms with E-state index >= 15 is 0 Å². The second-order valence-corrected chi connectivity index (χ2v) is 4.41. The summed E-state index contributed by atoms with van der Waals surface area (Å²) in [7, 11) is 0. The Bertz CT molecular complexity index is 671. The van der Waals surface area contributed by atoms with Crippen molar-refractivity contribution < 1.29 is 9.53 Å². The van der Waals surface area contributed by atoms with Crippen molar-refractivity contribution in [3.63, 3.8) is 0 Å². The van der Waals surface area contributed by atoms with Crippen LogP contribution in [0, 0.1) is 18.3 Å². The number of aromatic nitrogens is 3. The maximum Gasteiger partial charge on any atom is 0.332 e. The Morgan fingerprint density at radius 2 is 2.32 bits per heavy atom. The van der Waals surface area contributed by atoms with Crippen molar-refractivity contribution in [3.8, 4) is 6.07 Å². The van der Waals surface area contributed by atoms with Gasteiger partial charge in [0.15, 0.2) is 11.1 Å². The number of nitriles is 1. The lowest BCUT2D eigenvalue weighted by Gasteiger charge is -2.20. The molecule has 98 valence electrons. The lowest BCUT2D eigenvalue weighted by Crippen LogP contribution is -2.35. The highest BCUT2D eigenvalue weighted by Gasteiger charge is 2.40. The standard InChI is InChI=1S/C13H14N4O2/c1-4-19-12(18)13(3,7-14)10-5-9(2)6-11-15-8-16-17(10)11/h5-6,8H,4H2,1-3H3. The Kier molecular flexibility index (Phi) is 3.21. The van der Waals surface area contributed by atoms with Crippen molar-refractivity contribution in [1.82, 2.24) is 14.6 Å². The lowest BCUT2D eigenvalue weighted by atomic mass is 9.87. The molecular weight excluding hydrogens is 244 g/mol. The van der Waals surface area contributed by atoms with E-state index in [0.717, 1.165) is 5.56 Å². The fourth-order valence-corrected chi connectivity index (χ4v) is 1.90. The molecule has 19 heavy (non-hydrogen) atoms. The first-order chi connectivity index (χ1) is 9.02. The Hall–Kier alpha value is -2.42. The van der Waals surface area contributed by atoms with Crippen LogP contribution in [0.4, 0.5) is 0 Å². The van der Waals surface area contributed by atoms with Gasteiger partial charge in [0.2, 0.25) is 0 Å². The smallest absolute Gasteiger partial charge is 0.332 e. The summed E-state index contributed by atoms with van der Waals surface area (Å²) in [6, 6.07) is 5.61. The van der Waals surface area contributed by atoms with Gasteiger partial charge in [-0.1, -0.05) is 0 Å². The molecule has 0 aliphatic rings. The highest BCUT2D eigenvalue weighted by atomic mass is 16.5. The topological polar surface area (TPSA) is 80.3 Å². The van der Waals surface area contributed by atoms with Gasteiger partial charge in [-0.2, -0.15) is 10.4 Å². The minimum Gasteiger partial charge on any atom is -0.465 e. The van der Waals surface area contributed by atoms with E-state index in [0.29, 0.717) is 11.3 Å². The molecule has 0 saturated carbocycles. The van der Waals surface area contributed by atoms with E-state index in [9.17, 15) is 10.1 Å². The van der Waals surface area contributed by atoms with Gasteiger partial charge < -0.3 is 4.74 Å². The van der Waals surface area contributed by atoms with Crippen LogP contribution in [-0.4, -0.2) is 27.2 Å². The first kappa shape index (κ1) is 13.0. The zero-order valence-electron chi connectivity index (χ0n) is 11.0. The summed E-state index contributed by atoms with van der Waals surface area (Å²) in [4.78, 5) is 16.2. The third-order valence-electron chi connectivity index (χ3n) is 2.94. The van der Waals surface area contributed by atoms with E-state index in [1.54, 1.807) is 13.0 Å². The second-order valence-electron chi connectivity index (χ2n) is 4.41. The average molecular weight is 258 g/mol. The van der Waals surface area contributed by atoms with E-state index in [2.05, 4.69) is 10.1 Å². The Morgan fingerprint density at radius 3 is 2.95 bits per heavy atom. The Balaban J connectivity index is 2.67. The zero-order chi connectivity index (χ0) is 14.0. The number of nitrogens with zero attached hydrogens (tertiary/aromatic N) is 4. The number of carbonyl (C=O) groups is 1. The van der Waals surface area contributed by atoms with Crippen molar-refractivity contribution in [1.29, 1.82) is 5.26 Å². The molecule has 0 spiro atoms. The summed E-state index contributed by atoms with van der Waals surface area (Å²) in [5.41, 5.74) is 0.552. The van der Waals surface area contributed by atoms with Crippen LogP contribution in [-0.2, 0) is 14.9 Å². The quantitative estimate of drug-likeness (QED) is 0.777. The molecule has 0 aliphatic heterocycles. The van der Waals surface area contributed by atoms with Gasteiger partial charge in [0.1, 0.15) is 6.33 Å². The predicted molar refractivity (Wildman–Crippen MR) is 67.3 cm³/mol. The maximum absolute atomic E-state index is 12.1. The number of pyridine rings is 1. The van der Waals surface area contributed by atoms with Crippen molar-refractivity contribution >= 4 is 11.6 Å². The Morgan fingerprint density at radius 1 is 1.58 bits per heavy atom. The average Bonchev–Trinajstić information content (AvgIpc) is 2.84. The third kappa shape index (κ3) is 2.03. The molecule has 0 amide bonds. The summed E-state index contributed by atoms with van der Waals surface area (Å²) in [6.45, 7) is 5.33. The molecule has 0 bridgehead atoms. The minimum absolute atomic E-state index is 0.225. The summed E-state index contributed by atoms with van der Waals surface area (Å²) in [6.07, 6.45) is 1.39. The van der Waals surface area contributed by atoms with Crippen LogP contribution in [0.1, 0.15) is 25.1 Å². The SMILES string of the molecule is CCOC(=O)C(C)(C#N)c1cc(C)cc2ncnn12. The van der Waals surface area contributed by atoms with Crippen molar-refractivity contribution in [3.05, 3.63) is 29.7 Å². The minimum atomic E-state index is -1.41. The number of ether oxygens (including phenoxy) is 1. The number of fused-ring (bicyclic) bond motifs is 1. The van der Waals surface area contributed by atoms with Crippen molar-refractivity contribution in [2.75, 3.05) is 6.61 Å². The van der Waals surface area contributed by atoms with E-state index in [4.69, 9.17) is 4.74 Å². The number of esters is 1. The first-order valence-electron chi connectivity index (χ1n) is 5.92. The normalized spacial score (nSPS) is 13.8. The zero-order valence-corrected chi connectivity index (χ0v) is 11.0. The number of rotatable bonds is 3. The van der Waals surface area contributed by atoms with Crippen molar-refractivity contribution in [2.45, 2.75) is 26.2 Å². The van der Waals surface area contributed by atoms with E-state index in [1.807, 2.05) is 19.1 Å². The van der Waals surface area contributed by atoms with Crippen LogP contribution in [0.2, 0.25) is 0 Å². The monoisotopic (exact) mass is 258 g/mol. The van der Waals surface area contributed by atoms with Crippen LogP contribution in [0.25, 0.3) is 5.65 Å². The third-order valence-corrected chi connectivity index (χ3v) is 2.94. The fraction of sp³-hybridized carbons (Fsp3) is 0.385. The van der Waals surface area contributed by atoms with Gasteiger partial charge in [0, 0.05) is 0 Å².